The van der Waals surface area contributed by atoms with E-state index in [1.807, 2.05) is 20.8 Å². The standard InChI is InChI=1S/C18H27NO6/c1-6-23-13-9-12(10-14(24-7-2)16(13)25-8-3)17(20)19-15(11(4)5)18(21)22/h9-11,15H,6-8H2,1-5H3,(H,19,20)(H,21,22)/t15-/m0/s1. The van der Waals surface area contributed by atoms with Crippen molar-refractivity contribution >= 4 is 11.9 Å². The van der Waals surface area contributed by atoms with Crippen molar-refractivity contribution in [2.75, 3.05) is 19.8 Å². The Morgan fingerprint density at radius 2 is 1.48 bits per heavy atom. The minimum atomic E-state index is -1.08. The molecule has 0 fully saturated rings. The van der Waals surface area contributed by atoms with Crippen LogP contribution in [0.2, 0.25) is 0 Å². The predicted molar refractivity (Wildman–Crippen MR) is 93.7 cm³/mol. The second-order valence-electron chi connectivity index (χ2n) is 5.63. The molecule has 0 saturated carbocycles. The average molecular weight is 353 g/mol. The summed E-state index contributed by atoms with van der Waals surface area (Å²) in [6.07, 6.45) is 0. The Balaban J connectivity index is 3.25. The Hall–Kier alpha value is -2.44. The maximum Gasteiger partial charge on any atom is 0.326 e. The molecule has 0 heterocycles. The highest BCUT2D eigenvalue weighted by Crippen LogP contribution is 2.39. The molecule has 2 N–H and O–H groups in total. The molecule has 1 atom stereocenters. The fourth-order valence-electron chi connectivity index (χ4n) is 2.26. The van der Waals surface area contributed by atoms with Crippen LogP contribution in [0.25, 0.3) is 0 Å². The van der Waals surface area contributed by atoms with Crippen LogP contribution < -0.4 is 19.5 Å². The lowest BCUT2D eigenvalue weighted by atomic mass is 10.0. The number of carbonyl (C=O) groups excluding carboxylic acids is 1. The number of aliphatic carboxylic acids is 1. The van der Waals surface area contributed by atoms with Crippen LogP contribution in [0.1, 0.15) is 45.0 Å². The van der Waals surface area contributed by atoms with E-state index in [0.29, 0.717) is 37.1 Å². The molecule has 0 spiro atoms. The quantitative estimate of drug-likeness (QED) is 0.672. The van der Waals surface area contributed by atoms with Crippen LogP contribution in [0.15, 0.2) is 12.1 Å². The normalized spacial score (nSPS) is 11.8. The number of ether oxygens (including phenoxy) is 3. The highest BCUT2D eigenvalue weighted by molar-refractivity contribution is 5.97. The van der Waals surface area contributed by atoms with E-state index in [1.165, 1.54) is 12.1 Å². The van der Waals surface area contributed by atoms with Gasteiger partial charge in [-0.05, 0) is 38.8 Å². The molecule has 0 bridgehead atoms. The zero-order valence-electron chi connectivity index (χ0n) is 15.4. The van der Waals surface area contributed by atoms with Crippen LogP contribution in [-0.2, 0) is 4.79 Å². The Morgan fingerprint density at radius 1 is 1.00 bits per heavy atom. The van der Waals surface area contributed by atoms with Gasteiger partial charge in [-0.15, -0.1) is 0 Å². The molecule has 7 heteroatoms. The molecule has 140 valence electrons. The third kappa shape index (κ3) is 5.55. The number of benzene rings is 1. The maximum atomic E-state index is 12.5. The summed E-state index contributed by atoms with van der Waals surface area (Å²) >= 11 is 0. The SMILES string of the molecule is CCOc1cc(C(=O)N[C@H](C(=O)O)C(C)C)cc(OCC)c1OCC. The fraction of sp³-hybridized carbons (Fsp3) is 0.556. The third-order valence-electron chi connectivity index (χ3n) is 3.39. The summed E-state index contributed by atoms with van der Waals surface area (Å²) < 4.78 is 16.7. The predicted octanol–water partition coefficient (Wildman–Crippen LogP) is 2.72. The van der Waals surface area contributed by atoms with E-state index < -0.39 is 17.9 Å². The van der Waals surface area contributed by atoms with Gasteiger partial charge in [0.2, 0.25) is 5.75 Å². The van der Waals surface area contributed by atoms with E-state index >= 15 is 0 Å². The average Bonchev–Trinajstić information content (AvgIpc) is 2.54. The molecule has 1 amide bonds. The van der Waals surface area contributed by atoms with Crippen LogP contribution >= 0.6 is 0 Å². The van der Waals surface area contributed by atoms with Gasteiger partial charge >= 0.3 is 5.97 Å². The van der Waals surface area contributed by atoms with Crippen molar-refractivity contribution in [2.24, 2.45) is 5.92 Å². The van der Waals surface area contributed by atoms with Crippen LogP contribution in [0.5, 0.6) is 17.2 Å². The van der Waals surface area contributed by atoms with Gasteiger partial charge in [0.15, 0.2) is 11.5 Å². The van der Waals surface area contributed by atoms with Gasteiger partial charge in [0.25, 0.3) is 5.91 Å². The Bertz CT molecular complexity index is 572. The van der Waals surface area contributed by atoms with Crippen LogP contribution in [0.4, 0.5) is 0 Å². The van der Waals surface area contributed by atoms with Crippen LogP contribution in [-0.4, -0.2) is 42.8 Å². The van der Waals surface area contributed by atoms with E-state index in [2.05, 4.69) is 5.32 Å². The minimum absolute atomic E-state index is 0.248. The number of carboxylic acids is 1. The van der Waals surface area contributed by atoms with Crippen molar-refractivity contribution in [1.82, 2.24) is 5.32 Å². The first-order chi connectivity index (χ1) is 11.8. The molecule has 0 saturated heterocycles. The van der Waals surface area contributed by atoms with Crippen LogP contribution in [0, 0.1) is 5.92 Å². The van der Waals surface area contributed by atoms with Gasteiger partial charge in [-0.25, -0.2) is 4.79 Å². The first-order valence-electron chi connectivity index (χ1n) is 8.45. The Labute approximate surface area is 148 Å². The first-order valence-corrected chi connectivity index (χ1v) is 8.45. The second-order valence-corrected chi connectivity index (χ2v) is 5.63. The molecule has 0 aliphatic carbocycles. The molecular weight excluding hydrogens is 326 g/mol. The monoisotopic (exact) mass is 353 g/mol. The molecule has 1 aromatic rings. The molecule has 25 heavy (non-hydrogen) atoms. The van der Waals surface area contributed by atoms with Crippen molar-refractivity contribution in [3.8, 4) is 17.2 Å². The summed E-state index contributed by atoms with van der Waals surface area (Å²) in [7, 11) is 0. The molecular formula is C18H27NO6. The molecule has 0 aliphatic rings. The molecule has 0 aromatic heterocycles. The topological polar surface area (TPSA) is 94.1 Å². The van der Waals surface area contributed by atoms with Gasteiger partial charge in [0.05, 0.1) is 19.8 Å². The largest absolute Gasteiger partial charge is 0.490 e. The van der Waals surface area contributed by atoms with Crippen molar-refractivity contribution in [3.63, 3.8) is 0 Å². The molecule has 1 rings (SSSR count). The van der Waals surface area contributed by atoms with Gasteiger partial charge in [0.1, 0.15) is 6.04 Å². The van der Waals surface area contributed by atoms with Crippen LogP contribution in [0.3, 0.4) is 0 Å². The number of hydrogen-bond donors (Lipinski definition) is 2. The van der Waals surface area contributed by atoms with E-state index in [1.54, 1.807) is 13.8 Å². The molecule has 1 aromatic carbocycles. The summed E-state index contributed by atoms with van der Waals surface area (Å²) in [6, 6.07) is 2.09. The van der Waals surface area contributed by atoms with Gasteiger partial charge in [-0.2, -0.15) is 0 Å². The Morgan fingerprint density at radius 3 is 1.84 bits per heavy atom. The van der Waals surface area contributed by atoms with Crippen molar-refractivity contribution in [1.29, 1.82) is 0 Å². The summed E-state index contributed by atoms with van der Waals surface area (Å²) in [5.74, 6) is -0.632. The first kappa shape index (κ1) is 20.6. The van der Waals surface area contributed by atoms with E-state index in [9.17, 15) is 14.7 Å². The molecule has 0 unspecified atom stereocenters. The lowest BCUT2D eigenvalue weighted by molar-refractivity contribution is -0.140. The van der Waals surface area contributed by atoms with Crippen molar-refractivity contribution in [2.45, 2.75) is 40.7 Å². The van der Waals surface area contributed by atoms with E-state index in [-0.39, 0.29) is 11.5 Å². The fourth-order valence-corrected chi connectivity index (χ4v) is 2.26. The zero-order valence-corrected chi connectivity index (χ0v) is 15.4. The van der Waals surface area contributed by atoms with Gasteiger partial charge in [-0.1, -0.05) is 13.8 Å². The smallest absolute Gasteiger partial charge is 0.326 e. The molecule has 7 nitrogen and oxygen atoms in total. The van der Waals surface area contributed by atoms with E-state index in [4.69, 9.17) is 14.2 Å². The van der Waals surface area contributed by atoms with Gasteiger partial charge < -0.3 is 24.6 Å². The minimum Gasteiger partial charge on any atom is -0.490 e. The second kappa shape index (κ2) is 9.76. The number of hydrogen-bond acceptors (Lipinski definition) is 5. The van der Waals surface area contributed by atoms with Crippen molar-refractivity contribution < 1.29 is 28.9 Å². The number of rotatable bonds is 10. The summed E-state index contributed by atoms with van der Waals surface area (Å²) in [5.41, 5.74) is 0.252. The van der Waals surface area contributed by atoms with Gasteiger partial charge in [0, 0.05) is 5.56 Å². The zero-order chi connectivity index (χ0) is 19.0. The lowest BCUT2D eigenvalue weighted by Gasteiger charge is -2.20. The summed E-state index contributed by atoms with van der Waals surface area (Å²) in [4.78, 5) is 23.8. The number of carboxylic acid groups (broad SMARTS) is 1. The van der Waals surface area contributed by atoms with E-state index in [0.717, 1.165) is 0 Å². The molecule has 0 aliphatic heterocycles. The van der Waals surface area contributed by atoms with Gasteiger partial charge in [-0.3, -0.25) is 4.79 Å². The Kier molecular flexibility index (Phi) is 8.04. The summed E-state index contributed by atoms with van der Waals surface area (Å²) in [5, 5.41) is 11.8. The summed E-state index contributed by atoms with van der Waals surface area (Å²) in [6.45, 7) is 10.1. The number of nitrogens with one attached hydrogen (secondary N) is 1. The highest BCUT2D eigenvalue weighted by Gasteiger charge is 2.25. The van der Waals surface area contributed by atoms with Crippen molar-refractivity contribution in [3.05, 3.63) is 17.7 Å². The number of carbonyl (C=O) groups is 2. The third-order valence-corrected chi connectivity index (χ3v) is 3.39. The highest BCUT2D eigenvalue weighted by atomic mass is 16.5. The molecule has 0 radical (unpaired) electrons. The number of amides is 1. The maximum absolute atomic E-state index is 12.5. The lowest BCUT2D eigenvalue weighted by Crippen LogP contribution is -2.44.